The van der Waals surface area contributed by atoms with Crippen molar-refractivity contribution >= 4 is 0 Å². The Morgan fingerprint density at radius 2 is 1.79 bits per heavy atom. The van der Waals surface area contributed by atoms with Crippen LogP contribution in [0.2, 0.25) is 0 Å². The predicted molar refractivity (Wildman–Crippen MR) is 60.2 cm³/mol. The lowest BCUT2D eigenvalue weighted by atomic mass is 9.70. The smallest absolute Gasteiger partial charge is 0.0166 e. The van der Waals surface area contributed by atoms with Gasteiger partial charge in [0.2, 0.25) is 0 Å². The van der Waals surface area contributed by atoms with Crippen molar-refractivity contribution < 1.29 is 0 Å². The van der Waals surface area contributed by atoms with Crippen LogP contribution in [0.3, 0.4) is 0 Å². The fourth-order valence-electron chi connectivity index (χ4n) is 2.57. The molecule has 0 atom stereocenters. The van der Waals surface area contributed by atoms with Gasteiger partial charge in [-0.05, 0) is 50.5 Å². The zero-order valence-corrected chi connectivity index (χ0v) is 9.44. The van der Waals surface area contributed by atoms with E-state index in [-0.39, 0.29) is 5.54 Å². The summed E-state index contributed by atoms with van der Waals surface area (Å²) < 4.78 is 0. The molecule has 0 aromatic heterocycles. The standard InChI is InChI=1S/C12H24N2/c1-11(4-2-5-11)10-14-9-8-12(13)6-3-7-12/h14H,2-10,13H2,1H3. The summed E-state index contributed by atoms with van der Waals surface area (Å²) in [5, 5.41) is 3.57. The molecule has 0 bridgehead atoms. The van der Waals surface area contributed by atoms with Gasteiger partial charge in [0.25, 0.3) is 0 Å². The lowest BCUT2D eigenvalue weighted by Gasteiger charge is -2.40. The lowest BCUT2D eigenvalue weighted by molar-refractivity contribution is 0.152. The van der Waals surface area contributed by atoms with Gasteiger partial charge in [0.15, 0.2) is 0 Å². The first kappa shape index (κ1) is 10.4. The van der Waals surface area contributed by atoms with Crippen molar-refractivity contribution in [1.29, 1.82) is 0 Å². The van der Waals surface area contributed by atoms with E-state index < -0.39 is 0 Å². The van der Waals surface area contributed by atoms with Crippen LogP contribution in [0.4, 0.5) is 0 Å². The third-order valence-electron chi connectivity index (χ3n) is 4.26. The van der Waals surface area contributed by atoms with Gasteiger partial charge in [-0.2, -0.15) is 0 Å². The molecule has 0 heterocycles. The zero-order chi connectivity index (χ0) is 10.1. The maximum absolute atomic E-state index is 6.16. The topological polar surface area (TPSA) is 38.0 Å². The Morgan fingerprint density at radius 3 is 2.21 bits per heavy atom. The van der Waals surface area contributed by atoms with Crippen LogP contribution in [0.15, 0.2) is 0 Å². The monoisotopic (exact) mass is 196 g/mol. The number of nitrogens with one attached hydrogen (secondary N) is 1. The third kappa shape index (κ3) is 2.29. The zero-order valence-electron chi connectivity index (χ0n) is 9.44. The van der Waals surface area contributed by atoms with Gasteiger partial charge in [-0.1, -0.05) is 13.3 Å². The molecular weight excluding hydrogens is 172 g/mol. The molecule has 2 fully saturated rings. The molecule has 0 aromatic carbocycles. The minimum atomic E-state index is 0.202. The van der Waals surface area contributed by atoms with Crippen molar-refractivity contribution in [2.24, 2.45) is 11.1 Å². The average Bonchev–Trinajstić information content (AvgIpc) is 2.06. The molecule has 0 aromatic rings. The van der Waals surface area contributed by atoms with Crippen LogP contribution >= 0.6 is 0 Å². The maximum atomic E-state index is 6.16. The number of nitrogens with two attached hydrogens (primary N) is 1. The third-order valence-corrected chi connectivity index (χ3v) is 4.26. The van der Waals surface area contributed by atoms with Gasteiger partial charge in [-0.15, -0.1) is 0 Å². The minimum absolute atomic E-state index is 0.202. The van der Waals surface area contributed by atoms with Crippen LogP contribution in [-0.2, 0) is 0 Å². The van der Waals surface area contributed by atoms with Crippen molar-refractivity contribution in [3.05, 3.63) is 0 Å². The summed E-state index contributed by atoms with van der Waals surface area (Å²) in [5.41, 5.74) is 6.97. The first-order valence-electron chi connectivity index (χ1n) is 6.12. The van der Waals surface area contributed by atoms with Crippen molar-refractivity contribution in [2.75, 3.05) is 13.1 Å². The Kier molecular flexibility index (Phi) is 2.85. The largest absolute Gasteiger partial charge is 0.325 e. The highest BCUT2D eigenvalue weighted by Crippen LogP contribution is 2.39. The number of rotatable bonds is 5. The van der Waals surface area contributed by atoms with Crippen LogP contribution in [0, 0.1) is 5.41 Å². The highest BCUT2D eigenvalue weighted by atomic mass is 14.9. The molecule has 2 heteroatoms. The summed E-state index contributed by atoms with van der Waals surface area (Å²) in [6.07, 6.45) is 9.25. The SMILES string of the molecule is CC1(CNCCC2(N)CCC2)CCC1. The van der Waals surface area contributed by atoms with Gasteiger partial charge in [-0.25, -0.2) is 0 Å². The van der Waals surface area contributed by atoms with Gasteiger partial charge < -0.3 is 11.1 Å². The molecule has 2 rings (SSSR count). The summed E-state index contributed by atoms with van der Waals surface area (Å²) in [7, 11) is 0. The van der Waals surface area contributed by atoms with E-state index in [9.17, 15) is 0 Å². The van der Waals surface area contributed by atoms with E-state index in [1.54, 1.807) is 0 Å². The molecule has 0 radical (unpaired) electrons. The fourth-order valence-corrected chi connectivity index (χ4v) is 2.57. The first-order chi connectivity index (χ1) is 6.62. The number of hydrogen-bond acceptors (Lipinski definition) is 2. The summed E-state index contributed by atoms with van der Waals surface area (Å²) >= 11 is 0. The van der Waals surface area contributed by atoms with E-state index in [0.717, 1.165) is 6.54 Å². The van der Waals surface area contributed by atoms with Crippen molar-refractivity contribution in [2.45, 2.75) is 57.4 Å². The lowest BCUT2D eigenvalue weighted by Crippen LogP contribution is -2.49. The van der Waals surface area contributed by atoms with Crippen molar-refractivity contribution in [1.82, 2.24) is 5.32 Å². The fraction of sp³-hybridized carbons (Fsp3) is 1.00. The van der Waals surface area contributed by atoms with Gasteiger partial charge >= 0.3 is 0 Å². The Labute approximate surface area is 87.6 Å². The molecule has 2 saturated carbocycles. The molecule has 0 amide bonds. The molecule has 0 saturated heterocycles. The van der Waals surface area contributed by atoms with Crippen LogP contribution in [0.25, 0.3) is 0 Å². The van der Waals surface area contributed by atoms with Crippen LogP contribution in [0.1, 0.15) is 51.9 Å². The normalized spacial score (nSPS) is 27.9. The molecule has 0 aliphatic heterocycles. The molecule has 0 spiro atoms. The van der Waals surface area contributed by atoms with Gasteiger partial charge in [-0.3, -0.25) is 0 Å². The summed E-state index contributed by atoms with van der Waals surface area (Å²) in [5.74, 6) is 0. The average molecular weight is 196 g/mol. The van der Waals surface area contributed by atoms with E-state index in [0.29, 0.717) is 5.41 Å². The van der Waals surface area contributed by atoms with Crippen molar-refractivity contribution in [3.63, 3.8) is 0 Å². The second-order valence-electron chi connectivity index (χ2n) is 5.81. The van der Waals surface area contributed by atoms with E-state index in [4.69, 9.17) is 5.73 Å². The van der Waals surface area contributed by atoms with E-state index in [1.807, 2.05) is 0 Å². The van der Waals surface area contributed by atoms with Crippen LogP contribution in [-0.4, -0.2) is 18.6 Å². The highest BCUT2D eigenvalue weighted by Gasteiger charge is 2.33. The molecule has 82 valence electrons. The predicted octanol–water partition coefficient (Wildman–Crippen LogP) is 2.04. The Balaban J connectivity index is 1.55. The Hall–Kier alpha value is -0.0800. The maximum Gasteiger partial charge on any atom is 0.0166 e. The van der Waals surface area contributed by atoms with E-state index >= 15 is 0 Å². The minimum Gasteiger partial charge on any atom is -0.325 e. The summed E-state index contributed by atoms with van der Waals surface area (Å²) in [4.78, 5) is 0. The molecule has 0 unspecified atom stereocenters. The molecule has 2 nitrogen and oxygen atoms in total. The molecule has 14 heavy (non-hydrogen) atoms. The Bertz CT molecular complexity index is 170. The van der Waals surface area contributed by atoms with E-state index in [1.165, 1.54) is 51.5 Å². The first-order valence-corrected chi connectivity index (χ1v) is 6.12. The Morgan fingerprint density at radius 1 is 1.14 bits per heavy atom. The number of hydrogen-bond donors (Lipinski definition) is 2. The highest BCUT2D eigenvalue weighted by molar-refractivity contribution is 4.93. The molecule has 2 aliphatic rings. The van der Waals surface area contributed by atoms with Gasteiger partial charge in [0, 0.05) is 12.1 Å². The second-order valence-corrected chi connectivity index (χ2v) is 5.81. The summed E-state index contributed by atoms with van der Waals surface area (Å²) in [6.45, 7) is 4.71. The van der Waals surface area contributed by atoms with Gasteiger partial charge in [0.1, 0.15) is 0 Å². The molecule has 2 aliphatic carbocycles. The quantitative estimate of drug-likeness (QED) is 0.660. The second kappa shape index (κ2) is 3.82. The molecular formula is C12H24N2. The summed E-state index contributed by atoms with van der Waals surface area (Å²) in [6, 6.07) is 0. The van der Waals surface area contributed by atoms with Crippen LogP contribution < -0.4 is 11.1 Å². The van der Waals surface area contributed by atoms with Gasteiger partial charge in [0.05, 0.1) is 0 Å². The molecule has 3 N–H and O–H groups in total. The van der Waals surface area contributed by atoms with E-state index in [2.05, 4.69) is 12.2 Å². The van der Waals surface area contributed by atoms with Crippen LogP contribution in [0.5, 0.6) is 0 Å². The van der Waals surface area contributed by atoms with Crippen molar-refractivity contribution in [3.8, 4) is 0 Å².